The van der Waals surface area contributed by atoms with E-state index in [2.05, 4.69) is 9.71 Å². The van der Waals surface area contributed by atoms with Crippen LogP contribution in [0.15, 0.2) is 41.6 Å². The highest BCUT2D eigenvalue weighted by atomic mass is 35.5. The van der Waals surface area contributed by atoms with Gasteiger partial charge in [0.25, 0.3) is 10.0 Å². The van der Waals surface area contributed by atoms with E-state index in [1.165, 1.54) is 12.3 Å². The van der Waals surface area contributed by atoms with Gasteiger partial charge < -0.3 is 5.73 Å². The number of halogens is 1. The number of hydrogen-bond donors (Lipinski definition) is 2. The zero-order chi connectivity index (χ0) is 14.8. The molecule has 0 amide bonds. The average Bonchev–Trinajstić information content (AvgIpc) is 2.40. The minimum absolute atomic E-state index is 0.0135. The molecule has 0 atom stereocenters. The molecule has 1 aromatic carbocycles. The molecule has 0 fully saturated rings. The zero-order valence-electron chi connectivity index (χ0n) is 10.8. The monoisotopic (exact) mass is 311 g/mol. The second-order valence-corrected chi connectivity index (χ2v) is 6.32. The first-order chi connectivity index (χ1) is 9.44. The summed E-state index contributed by atoms with van der Waals surface area (Å²) in [5, 5.41) is 0.141. The Bertz CT molecular complexity index is 732. The van der Waals surface area contributed by atoms with E-state index < -0.39 is 10.0 Å². The normalized spacial score (nSPS) is 11.3. The highest BCUT2D eigenvalue weighted by Gasteiger charge is 2.19. The van der Waals surface area contributed by atoms with Gasteiger partial charge in [-0.1, -0.05) is 17.7 Å². The van der Waals surface area contributed by atoms with Gasteiger partial charge in [0.1, 0.15) is 4.90 Å². The molecule has 0 aliphatic heterocycles. The second kappa shape index (κ2) is 5.78. The van der Waals surface area contributed by atoms with Crippen molar-refractivity contribution in [2.75, 3.05) is 4.72 Å². The topological polar surface area (TPSA) is 85.1 Å². The maximum Gasteiger partial charge on any atom is 0.263 e. The highest BCUT2D eigenvalue weighted by molar-refractivity contribution is 7.92. The number of benzene rings is 1. The Morgan fingerprint density at radius 1 is 1.35 bits per heavy atom. The first kappa shape index (κ1) is 14.8. The summed E-state index contributed by atoms with van der Waals surface area (Å²) in [7, 11) is -3.75. The fourth-order valence-corrected chi connectivity index (χ4v) is 3.34. The lowest BCUT2D eigenvalue weighted by molar-refractivity contribution is 0.601. The predicted molar refractivity (Wildman–Crippen MR) is 79.1 cm³/mol. The molecule has 1 aromatic heterocycles. The van der Waals surface area contributed by atoms with E-state index in [-0.39, 0.29) is 9.92 Å². The van der Waals surface area contributed by atoms with Gasteiger partial charge in [-0.05, 0) is 36.2 Å². The van der Waals surface area contributed by atoms with Crippen LogP contribution in [0.2, 0.25) is 5.02 Å². The molecule has 2 aromatic rings. The lowest BCUT2D eigenvalue weighted by Gasteiger charge is -2.11. The maximum atomic E-state index is 12.3. The van der Waals surface area contributed by atoms with E-state index in [4.69, 9.17) is 17.3 Å². The number of nitrogens with two attached hydrogens (primary N) is 1. The molecule has 0 radical (unpaired) electrons. The summed E-state index contributed by atoms with van der Waals surface area (Å²) in [6.07, 6.45) is 3.05. The van der Waals surface area contributed by atoms with Crippen LogP contribution in [0.3, 0.4) is 0 Å². The SMILES string of the molecule is Cc1ccncc1NS(=O)(=O)c1ccc(CN)cc1Cl. The molecular formula is C13H14ClN3O2S. The number of nitrogens with zero attached hydrogens (tertiary/aromatic N) is 1. The molecule has 0 spiro atoms. The van der Waals surface area contributed by atoms with E-state index in [1.54, 1.807) is 31.3 Å². The number of rotatable bonds is 4. The fraction of sp³-hybridized carbons (Fsp3) is 0.154. The smallest absolute Gasteiger partial charge is 0.263 e. The summed E-state index contributed by atoms with van der Waals surface area (Å²) in [6, 6.07) is 6.35. The Balaban J connectivity index is 2.39. The fourth-order valence-electron chi connectivity index (χ4n) is 1.66. The van der Waals surface area contributed by atoms with Gasteiger partial charge in [0.15, 0.2) is 0 Å². The summed E-state index contributed by atoms with van der Waals surface area (Å²) >= 11 is 6.01. The molecule has 0 aliphatic carbocycles. The number of anilines is 1. The molecule has 3 N–H and O–H groups in total. The van der Waals surface area contributed by atoms with Crippen molar-refractivity contribution in [1.82, 2.24) is 4.98 Å². The van der Waals surface area contributed by atoms with Crippen LogP contribution >= 0.6 is 11.6 Å². The summed E-state index contributed by atoms with van der Waals surface area (Å²) in [6.45, 7) is 2.09. The molecule has 106 valence electrons. The number of aryl methyl sites for hydroxylation is 1. The summed E-state index contributed by atoms with van der Waals surface area (Å²) in [4.78, 5) is 3.91. The molecule has 5 nitrogen and oxygen atoms in total. The zero-order valence-corrected chi connectivity index (χ0v) is 12.4. The first-order valence-electron chi connectivity index (χ1n) is 5.86. The number of hydrogen-bond acceptors (Lipinski definition) is 4. The van der Waals surface area contributed by atoms with E-state index in [0.29, 0.717) is 12.2 Å². The molecular weight excluding hydrogens is 298 g/mol. The molecule has 0 saturated carbocycles. The Morgan fingerprint density at radius 2 is 2.10 bits per heavy atom. The lowest BCUT2D eigenvalue weighted by Crippen LogP contribution is -2.14. The Morgan fingerprint density at radius 3 is 2.70 bits per heavy atom. The van der Waals surface area contributed by atoms with Crippen molar-refractivity contribution in [1.29, 1.82) is 0 Å². The molecule has 0 saturated heterocycles. The van der Waals surface area contributed by atoms with Crippen molar-refractivity contribution in [2.24, 2.45) is 5.73 Å². The number of nitrogens with one attached hydrogen (secondary N) is 1. The van der Waals surface area contributed by atoms with Crippen molar-refractivity contribution in [2.45, 2.75) is 18.4 Å². The van der Waals surface area contributed by atoms with E-state index in [9.17, 15) is 8.42 Å². The van der Waals surface area contributed by atoms with Crippen molar-refractivity contribution < 1.29 is 8.42 Å². The first-order valence-corrected chi connectivity index (χ1v) is 7.72. The third-order valence-corrected chi connectivity index (χ3v) is 4.65. The molecule has 0 aliphatic rings. The van der Waals surface area contributed by atoms with Gasteiger partial charge >= 0.3 is 0 Å². The maximum absolute atomic E-state index is 12.3. The molecule has 2 rings (SSSR count). The van der Waals surface area contributed by atoms with E-state index in [1.807, 2.05) is 0 Å². The highest BCUT2D eigenvalue weighted by Crippen LogP contribution is 2.25. The van der Waals surface area contributed by atoms with Crippen LogP contribution in [-0.4, -0.2) is 13.4 Å². The number of aromatic nitrogens is 1. The third kappa shape index (κ3) is 3.09. The molecule has 0 unspecified atom stereocenters. The van der Waals surface area contributed by atoms with Gasteiger partial charge in [0, 0.05) is 12.7 Å². The minimum Gasteiger partial charge on any atom is -0.326 e. The van der Waals surface area contributed by atoms with Gasteiger partial charge in [-0.15, -0.1) is 0 Å². The molecule has 20 heavy (non-hydrogen) atoms. The van der Waals surface area contributed by atoms with E-state index >= 15 is 0 Å². The van der Waals surface area contributed by atoms with Crippen LogP contribution in [-0.2, 0) is 16.6 Å². The van der Waals surface area contributed by atoms with Gasteiger partial charge in [-0.2, -0.15) is 0 Å². The molecule has 1 heterocycles. The van der Waals surface area contributed by atoms with Crippen molar-refractivity contribution in [3.05, 3.63) is 52.8 Å². The lowest BCUT2D eigenvalue weighted by atomic mass is 10.2. The Kier molecular flexibility index (Phi) is 4.27. The average molecular weight is 312 g/mol. The van der Waals surface area contributed by atoms with Gasteiger partial charge in [0.2, 0.25) is 0 Å². The third-order valence-electron chi connectivity index (χ3n) is 2.80. The van der Waals surface area contributed by atoms with E-state index in [0.717, 1.165) is 11.1 Å². The Hall–Kier alpha value is -1.63. The van der Waals surface area contributed by atoms with Crippen LogP contribution < -0.4 is 10.5 Å². The van der Waals surface area contributed by atoms with Crippen LogP contribution in [0, 0.1) is 6.92 Å². The number of sulfonamides is 1. The Labute approximate surface area is 122 Å². The summed E-state index contributed by atoms with van der Waals surface area (Å²) in [5.74, 6) is 0. The molecule has 7 heteroatoms. The minimum atomic E-state index is -3.75. The van der Waals surface area contributed by atoms with Crippen molar-refractivity contribution in [3.8, 4) is 0 Å². The van der Waals surface area contributed by atoms with Crippen molar-refractivity contribution >= 4 is 27.3 Å². The van der Waals surface area contributed by atoms with Crippen LogP contribution in [0.25, 0.3) is 0 Å². The predicted octanol–water partition coefficient (Wildman–Crippen LogP) is 2.30. The summed E-state index contributed by atoms with van der Waals surface area (Å²) < 4.78 is 27.1. The molecule has 0 bridgehead atoms. The van der Waals surface area contributed by atoms with Crippen LogP contribution in [0.4, 0.5) is 5.69 Å². The standard InChI is InChI=1S/C13H14ClN3O2S/c1-9-4-5-16-8-12(9)17-20(18,19)13-3-2-10(7-15)6-11(13)14/h2-6,8,17H,7,15H2,1H3. The summed E-state index contributed by atoms with van der Waals surface area (Å²) in [5.41, 5.74) is 7.46. The second-order valence-electron chi connectivity index (χ2n) is 4.26. The van der Waals surface area contributed by atoms with Crippen LogP contribution in [0.5, 0.6) is 0 Å². The largest absolute Gasteiger partial charge is 0.326 e. The van der Waals surface area contributed by atoms with Crippen molar-refractivity contribution in [3.63, 3.8) is 0 Å². The van der Waals surface area contributed by atoms with Gasteiger partial charge in [0.05, 0.1) is 16.9 Å². The quantitative estimate of drug-likeness (QED) is 0.907. The van der Waals surface area contributed by atoms with Gasteiger partial charge in [-0.25, -0.2) is 8.42 Å². The van der Waals surface area contributed by atoms with Gasteiger partial charge in [-0.3, -0.25) is 9.71 Å². The number of pyridine rings is 1. The van der Waals surface area contributed by atoms with Crippen LogP contribution in [0.1, 0.15) is 11.1 Å².